The Bertz CT molecular complexity index is 132. The summed E-state index contributed by atoms with van der Waals surface area (Å²) in [5.74, 6) is 0. The molecular weight excluding hydrogens is 122 g/mol. The van der Waals surface area contributed by atoms with Crippen LogP contribution in [0.2, 0.25) is 0 Å². The first-order chi connectivity index (χ1) is 4.22. The number of hydrogen-bond acceptors (Lipinski definition) is 4. The van der Waals surface area contributed by atoms with Crippen LogP contribution in [-0.4, -0.2) is 21.8 Å². The maximum absolute atomic E-state index is 10.5. The fourth-order valence-electron chi connectivity index (χ4n) is 0.744. The highest BCUT2D eigenvalue weighted by Gasteiger charge is 2.01. The molecule has 0 aliphatic carbocycles. The number of aliphatic hydroxyl groups is 2. The van der Waals surface area contributed by atoms with Gasteiger partial charge in [-0.1, -0.05) is 12.1 Å². The maximum Gasteiger partial charge on any atom is 0.0391 e. The molecule has 9 heavy (non-hydrogen) atoms. The second-order valence-corrected chi connectivity index (χ2v) is 1.80. The van der Waals surface area contributed by atoms with Crippen molar-refractivity contribution < 1.29 is 10.2 Å². The van der Waals surface area contributed by atoms with Crippen LogP contribution in [0.3, 0.4) is 0 Å². The predicted octanol–water partition coefficient (Wildman–Crippen LogP) is 0.308. The monoisotopic (exact) mass is 129 g/mol. The summed E-state index contributed by atoms with van der Waals surface area (Å²) in [6.07, 6.45) is 1.19. The molecule has 1 rings (SSSR count). The number of nitrogens with zero attached hydrogens (tertiary/aromatic N) is 1. The van der Waals surface area contributed by atoms with Crippen molar-refractivity contribution in [1.29, 1.82) is 0 Å². The van der Waals surface area contributed by atoms with Crippen LogP contribution in [-0.2, 0) is 0 Å². The Balaban J connectivity index is 2.57. The molecule has 0 aromatic carbocycles. The van der Waals surface area contributed by atoms with Crippen molar-refractivity contribution in [3.8, 4) is 0 Å². The average Bonchev–Trinajstić information content (AvgIpc) is 2.13. The lowest BCUT2D eigenvalue weighted by Gasteiger charge is -2.34. The molecule has 1 heterocycles. The van der Waals surface area contributed by atoms with Crippen LogP contribution in [0.5, 0.6) is 0 Å². The summed E-state index contributed by atoms with van der Waals surface area (Å²) < 4.78 is 0. The van der Waals surface area contributed by atoms with Gasteiger partial charge in [0.15, 0.2) is 0 Å². The van der Waals surface area contributed by atoms with E-state index in [0.29, 0.717) is 18.0 Å². The van der Waals surface area contributed by atoms with Crippen molar-refractivity contribution in [2.75, 3.05) is 6.54 Å². The van der Waals surface area contributed by atoms with E-state index in [1.807, 2.05) is 0 Å². The summed E-state index contributed by atoms with van der Waals surface area (Å²) in [4.78, 5) is 0. The lowest BCUT2D eigenvalue weighted by Crippen LogP contribution is -2.15. The summed E-state index contributed by atoms with van der Waals surface area (Å²) in [5.41, 5.74) is -0.0185. The van der Waals surface area contributed by atoms with Crippen molar-refractivity contribution in [1.82, 2.24) is 5.06 Å². The molecule has 4 heteroatoms. The van der Waals surface area contributed by atoms with E-state index < -0.39 is 6.29 Å². The summed E-state index contributed by atoms with van der Waals surface area (Å²) in [5, 5.41) is 27.8. The van der Waals surface area contributed by atoms with Crippen molar-refractivity contribution in [3.05, 3.63) is 23.3 Å². The van der Waals surface area contributed by atoms with Crippen LogP contribution in [0.1, 0.15) is 6.42 Å². The molecule has 0 atom stereocenters. The molecule has 0 aromatic heterocycles. The van der Waals surface area contributed by atoms with Gasteiger partial charge < -0.3 is 20.5 Å². The summed E-state index contributed by atoms with van der Waals surface area (Å²) in [6.45, 7) is 0.319. The number of rotatable bonds is 1. The van der Waals surface area contributed by atoms with Gasteiger partial charge in [-0.15, -0.1) is 0 Å². The van der Waals surface area contributed by atoms with E-state index >= 15 is 0 Å². The van der Waals surface area contributed by atoms with Crippen molar-refractivity contribution in [2.24, 2.45) is 0 Å². The molecule has 1 aliphatic heterocycles. The second kappa shape index (κ2) is 2.26. The van der Waals surface area contributed by atoms with Gasteiger partial charge in [-0.25, -0.2) is 6.08 Å². The van der Waals surface area contributed by atoms with E-state index in [9.17, 15) is 5.21 Å². The molecule has 0 amide bonds. The Morgan fingerprint density at radius 1 is 1.67 bits per heavy atom. The molecular formula is C5H7NO3-2. The lowest BCUT2D eigenvalue weighted by molar-refractivity contribution is 0.0907. The molecule has 0 spiro atoms. The topological polar surface area (TPSA) is 66.8 Å². The molecule has 0 unspecified atom stereocenters. The van der Waals surface area contributed by atoms with Crippen molar-refractivity contribution >= 4 is 0 Å². The van der Waals surface area contributed by atoms with Gasteiger partial charge in [0.2, 0.25) is 0 Å². The molecule has 0 fully saturated rings. The Hall–Kier alpha value is -0.710. The lowest BCUT2D eigenvalue weighted by atomic mass is 10.4. The van der Waals surface area contributed by atoms with Gasteiger partial charge in [0, 0.05) is 6.29 Å². The molecule has 0 saturated carbocycles. The van der Waals surface area contributed by atoms with E-state index in [1.54, 1.807) is 0 Å². The second-order valence-electron chi connectivity index (χ2n) is 1.80. The van der Waals surface area contributed by atoms with Crippen LogP contribution >= 0.6 is 0 Å². The van der Waals surface area contributed by atoms with E-state index in [2.05, 4.69) is 0 Å². The molecule has 0 aromatic rings. The summed E-state index contributed by atoms with van der Waals surface area (Å²) in [7, 11) is 0. The first kappa shape index (κ1) is 6.41. The fraction of sp³-hybridized carbons (Fsp3) is 0.400. The smallest absolute Gasteiger partial charge is 0.0391 e. The highest BCUT2D eigenvalue weighted by Crippen LogP contribution is 2.18. The number of aliphatic hydroxyl groups excluding tert-OH is 1. The first-order valence-corrected chi connectivity index (χ1v) is 2.62. The zero-order valence-corrected chi connectivity index (χ0v) is 4.74. The van der Waals surface area contributed by atoms with Gasteiger partial charge in [-0.05, 0) is 6.54 Å². The third-order valence-electron chi connectivity index (χ3n) is 1.17. The quantitative estimate of drug-likeness (QED) is 0.500. The Kier molecular flexibility index (Phi) is 1.61. The van der Waals surface area contributed by atoms with Crippen molar-refractivity contribution in [3.63, 3.8) is 0 Å². The largest absolute Gasteiger partial charge is 0.760 e. The fourth-order valence-corrected chi connectivity index (χ4v) is 0.744. The molecule has 52 valence electrons. The normalized spacial score (nSPS) is 18.1. The molecule has 1 aliphatic rings. The highest BCUT2D eigenvalue weighted by molar-refractivity contribution is 5.17. The van der Waals surface area contributed by atoms with Gasteiger partial charge >= 0.3 is 0 Å². The predicted molar refractivity (Wildman–Crippen MR) is 29.9 cm³/mol. The van der Waals surface area contributed by atoms with E-state index in [-0.39, 0.29) is 5.70 Å². The molecule has 2 N–H and O–H groups in total. The SMILES string of the molecule is [O-]N1CCC=C1[C-](O)O. The summed E-state index contributed by atoms with van der Waals surface area (Å²) >= 11 is 0. The zero-order valence-electron chi connectivity index (χ0n) is 4.74. The Morgan fingerprint density at radius 2 is 2.33 bits per heavy atom. The standard InChI is InChI=1S/C5H7NO3/c7-5(8)4-2-1-3-6(4)9/h2,7-8H,1,3H2/q-2. The van der Waals surface area contributed by atoms with Gasteiger partial charge in [0.1, 0.15) is 0 Å². The van der Waals surface area contributed by atoms with Crippen molar-refractivity contribution in [2.45, 2.75) is 6.42 Å². The van der Waals surface area contributed by atoms with Crippen LogP contribution in [0.4, 0.5) is 0 Å². The third-order valence-corrected chi connectivity index (χ3v) is 1.17. The van der Waals surface area contributed by atoms with Crippen LogP contribution in [0.15, 0.2) is 11.8 Å². The summed E-state index contributed by atoms with van der Waals surface area (Å²) in [6, 6.07) is 0. The molecule has 0 saturated heterocycles. The van der Waals surface area contributed by atoms with E-state index in [0.717, 1.165) is 0 Å². The third kappa shape index (κ3) is 1.16. The Morgan fingerprint density at radius 3 is 2.56 bits per heavy atom. The number of hydrogen-bond donors (Lipinski definition) is 2. The maximum atomic E-state index is 10.5. The van der Waals surface area contributed by atoms with Gasteiger partial charge in [0.25, 0.3) is 0 Å². The van der Waals surface area contributed by atoms with E-state index in [1.165, 1.54) is 6.08 Å². The van der Waals surface area contributed by atoms with E-state index in [4.69, 9.17) is 10.2 Å². The minimum Gasteiger partial charge on any atom is -0.760 e. The van der Waals surface area contributed by atoms with Crippen LogP contribution < -0.4 is 0 Å². The minimum absolute atomic E-state index is 0.0185. The zero-order chi connectivity index (χ0) is 6.85. The molecule has 0 radical (unpaired) electrons. The first-order valence-electron chi connectivity index (χ1n) is 2.62. The Labute approximate surface area is 52.6 Å². The van der Waals surface area contributed by atoms with Gasteiger partial charge in [-0.3, -0.25) is 0 Å². The van der Waals surface area contributed by atoms with Crippen LogP contribution in [0.25, 0.3) is 0 Å². The number of hydroxylamine groups is 2. The average molecular weight is 129 g/mol. The van der Waals surface area contributed by atoms with Crippen LogP contribution in [0, 0.1) is 11.5 Å². The van der Waals surface area contributed by atoms with Gasteiger partial charge in [0.05, 0.1) is 0 Å². The van der Waals surface area contributed by atoms with Gasteiger partial charge in [-0.2, -0.15) is 0 Å². The molecule has 4 nitrogen and oxygen atoms in total. The minimum atomic E-state index is -0.887. The molecule has 0 bridgehead atoms. The highest BCUT2D eigenvalue weighted by atomic mass is 16.5.